The lowest BCUT2D eigenvalue weighted by Gasteiger charge is -2.07. The summed E-state index contributed by atoms with van der Waals surface area (Å²) < 4.78 is 0.826. The molecule has 0 saturated carbocycles. The van der Waals surface area contributed by atoms with Gasteiger partial charge in [-0.15, -0.1) is 0 Å². The minimum absolute atomic E-state index is 0.0264. The van der Waals surface area contributed by atoms with Crippen molar-refractivity contribution in [2.24, 2.45) is 5.84 Å². The second-order valence-corrected chi connectivity index (χ2v) is 6.33. The maximum Gasteiger partial charge on any atom is 0.269 e. The topological polar surface area (TPSA) is 111 Å². The van der Waals surface area contributed by atoms with Crippen molar-refractivity contribution in [3.05, 3.63) is 79.9 Å². The minimum atomic E-state index is -0.450. The fourth-order valence-corrected chi connectivity index (χ4v) is 2.82. The molecule has 3 aromatic rings. The first-order valence-electron chi connectivity index (χ1n) is 7.52. The molecule has 26 heavy (non-hydrogen) atoms. The van der Waals surface area contributed by atoms with Crippen molar-refractivity contribution in [3.8, 4) is 0 Å². The Morgan fingerprint density at radius 1 is 1.15 bits per heavy atom. The highest BCUT2D eigenvalue weighted by Crippen LogP contribution is 2.24. The number of hydrogen-bond donors (Lipinski definition) is 2. The molecule has 0 aliphatic rings. The van der Waals surface area contributed by atoms with Crippen LogP contribution < -0.4 is 11.3 Å². The van der Waals surface area contributed by atoms with Crippen LogP contribution in [0.25, 0.3) is 23.1 Å². The van der Waals surface area contributed by atoms with Gasteiger partial charge in [0, 0.05) is 22.0 Å². The number of rotatable bonds is 4. The smallest absolute Gasteiger partial charge is 0.269 e. The molecule has 1 aromatic heterocycles. The summed E-state index contributed by atoms with van der Waals surface area (Å²) in [6.45, 7) is 0. The first-order valence-corrected chi connectivity index (χ1v) is 8.31. The molecule has 1 amide bonds. The van der Waals surface area contributed by atoms with E-state index in [1.54, 1.807) is 42.5 Å². The van der Waals surface area contributed by atoms with Gasteiger partial charge in [-0.3, -0.25) is 20.3 Å². The molecule has 8 heteroatoms. The number of amides is 1. The number of halogens is 1. The Hall–Kier alpha value is -3.10. The number of non-ortho nitro benzene ring substituents is 1. The Labute approximate surface area is 156 Å². The van der Waals surface area contributed by atoms with Crippen molar-refractivity contribution in [1.82, 2.24) is 10.4 Å². The fraction of sp³-hybridized carbons (Fsp3) is 0. The third-order valence-corrected chi connectivity index (χ3v) is 4.21. The van der Waals surface area contributed by atoms with Crippen molar-refractivity contribution in [2.45, 2.75) is 0 Å². The first kappa shape index (κ1) is 17.7. The maximum atomic E-state index is 12.1. The predicted octanol–water partition coefficient (Wildman–Crippen LogP) is 3.68. The zero-order valence-electron chi connectivity index (χ0n) is 13.3. The zero-order valence-corrected chi connectivity index (χ0v) is 14.9. The lowest BCUT2D eigenvalue weighted by atomic mass is 10.1. The van der Waals surface area contributed by atoms with Crippen molar-refractivity contribution in [2.75, 3.05) is 0 Å². The summed E-state index contributed by atoms with van der Waals surface area (Å²) >= 11 is 3.38. The number of nitrogens with one attached hydrogen (secondary N) is 1. The fourth-order valence-electron chi connectivity index (χ4n) is 2.46. The molecule has 0 unspecified atom stereocenters. The number of hydrazine groups is 1. The summed E-state index contributed by atoms with van der Waals surface area (Å²) in [6, 6.07) is 13.2. The van der Waals surface area contributed by atoms with Crippen LogP contribution in [-0.4, -0.2) is 15.8 Å². The van der Waals surface area contributed by atoms with E-state index in [9.17, 15) is 14.9 Å². The summed E-state index contributed by atoms with van der Waals surface area (Å²) in [5.74, 6) is 4.87. The van der Waals surface area contributed by atoms with Crippen LogP contribution in [0.4, 0.5) is 5.69 Å². The summed E-state index contributed by atoms with van der Waals surface area (Å²) in [4.78, 5) is 26.9. The third-order valence-electron chi connectivity index (χ3n) is 3.72. The number of nitrogen functional groups attached to an aromatic ring is 1. The number of fused-ring (bicyclic) bond motifs is 1. The number of aromatic nitrogens is 1. The lowest BCUT2D eigenvalue weighted by molar-refractivity contribution is -0.384. The molecular formula is C18H13BrN4O3. The van der Waals surface area contributed by atoms with Crippen LogP contribution in [0.1, 0.15) is 21.6 Å². The van der Waals surface area contributed by atoms with E-state index in [0.717, 1.165) is 10.0 Å². The van der Waals surface area contributed by atoms with Crippen LogP contribution in [-0.2, 0) is 0 Å². The van der Waals surface area contributed by atoms with Gasteiger partial charge in [-0.1, -0.05) is 22.0 Å². The van der Waals surface area contributed by atoms with Crippen LogP contribution in [0.15, 0.2) is 53.0 Å². The van der Waals surface area contributed by atoms with E-state index in [4.69, 9.17) is 5.84 Å². The van der Waals surface area contributed by atoms with E-state index >= 15 is 0 Å². The molecule has 0 bridgehead atoms. The lowest BCUT2D eigenvalue weighted by Crippen LogP contribution is -2.30. The molecule has 0 aliphatic heterocycles. The molecule has 7 nitrogen and oxygen atoms in total. The van der Waals surface area contributed by atoms with Crippen molar-refractivity contribution < 1.29 is 9.72 Å². The summed E-state index contributed by atoms with van der Waals surface area (Å²) in [5.41, 5.74) is 4.56. The van der Waals surface area contributed by atoms with Gasteiger partial charge in [0.1, 0.15) is 0 Å². The SMILES string of the molecule is NNC(=O)c1cc(/C=C/c2ccc([N+](=O)[O-])cc2)nc2ccc(Br)cc12. The number of nitro groups is 1. The second-order valence-electron chi connectivity index (χ2n) is 5.41. The molecule has 0 radical (unpaired) electrons. The molecule has 0 saturated heterocycles. The van der Waals surface area contributed by atoms with Gasteiger partial charge in [0.25, 0.3) is 11.6 Å². The number of nitrogens with zero attached hydrogens (tertiary/aromatic N) is 2. The monoisotopic (exact) mass is 412 g/mol. The van der Waals surface area contributed by atoms with E-state index in [2.05, 4.69) is 26.3 Å². The van der Waals surface area contributed by atoms with E-state index in [-0.39, 0.29) is 5.69 Å². The minimum Gasteiger partial charge on any atom is -0.290 e. The highest BCUT2D eigenvalue weighted by Gasteiger charge is 2.12. The van der Waals surface area contributed by atoms with Crippen LogP contribution in [0.3, 0.4) is 0 Å². The van der Waals surface area contributed by atoms with Gasteiger partial charge < -0.3 is 0 Å². The first-order chi connectivity index (χ1) is 12.5. The number of pyridine rings is 1. The Balaban J connectivity index is 2.00. The van der Waals surface area contributed by atoms with Gasteiger partial charge in [0.15, 0.2) is 0 Å². The number of hydrogen-bond acceptors (Lipinski definition) is 5. The average molecular weight is 413 g/mol. The molecule has 3 N–H and O–H groups in total. The molecule has 0 atom stereocenters. The number of carbonyl (C=O) groups is 1. The maximum absolute atomic E-state index is 12.1. The van der Waals surface area contributed by atoms with Crippen LogP contribution in [0.5, 0.6) is 0 Å². The summed E-state index contributed by atoms with van der Waals surface area (Å²) in [5, 5.41) is 11.4. The van der Waals surface area contributed by atoms with Crippen molar-refractivity contribution >= 4 is 50.6 Å². The van der Waals surface area contributed by atoms with Gasteiger partial charge >= 0.3 is 0 Å². The quantitative estimate of drug-likeness (QED) is 0.293. The second kappa shape index (κ2) is 7.42. The molecule has 1 heterocycles. The largest absolute Gasteiger partial charge is 0.290 e. The normalized spacial score (nSPS) is 11.0. The number of nitrogens with two attached hydrogens (primary N) is 1. The number of carbonyl (C=O) groups excluding carboxylic acids is 1. The predicted molar refractivity (Wildman–Crippen MR) is 103 cm³/mol. The number of nitro benzene ring substituents is 1. The van der Waals surface area contributed by atoms with Gasteiger partial charge in [-0.25, -0.2) is 10.8 Å². The molecular weight excluding hydrogens is 400 g/mol. The third kappa shape index (κ3) is 3.76. The van der Waals surface area contributed by atoms with E-state index in [0.29, 0.717) is 22.2 Å². The Bertz CT molecular complexity index is 1030. The highest BCUT2D eigenvalue weighted by atomic mass is 79.9. The molecule has 0 spiro atoms. The molecule has 0 aliphatic carbocycles. The van der Waals surface area contributed by atoms with E-state index < -0.39 is 10.8 Å². The zero-order chi connectivity index (χ0) is 18.7. The summed E-state index contributed by atoms with van der Waals surface area (Å²) in [6.07, 6.45) is 3.50. The van der Waals surface area contributed by atoms with E-state index in [1.165, 1.54) is 12.1 Å². The number of benzene rings is 2. The highest BCUT2D eigenvalue weighted by molar-refractivity contribution is 9.10. The molecule has 2 aromatic carbocycles. The summed E-state index contributed by atoms with van der Waals surface area (Å²) in [7, 11) is 0. The van der Waals surface area contributed by atoms with Gasteiger partial charge in [0.2, 0.25) is 0 Å². The van der Waals surface area contributed by atoms with Gasteiger partial charge in [-0.2, -0.15) is 0 Å². The van der Waals surface area contributed by atoms with E-state index in [1.807, 2.05) is 6.07 Å². The average Bonchev–Trinajstić information content (AvgIpc) is 2.65. The molecule has 130 valence electrons. The Morgan fingerprint density at radius 2 is 1.88 bits per heavy atom. The van der Waals surface area contributed by atoms with Crippen LogP contribution in [0, 0.1) is 10.1 Å². The van der Waals surface area contributed by atoms with Crippen LogP contribution >= 0.6 is 15.9 Å². The Kier molecular flexibility index (Phi) is 5.06. The van der Waals surface area contributed by atoms with Crippen molar-refractivity contribution in [3.63, 3.8) is 0 Å². The standard InChI is InChI=1S/C18H13BrN4O3/c19-12-4-8-17-15(9-12)16(18(24)22-20)10-13(21-17)5-1-11-2-6-14(7-3-11)23(25)26/h1-10H,20H2,(H,22,24)/b5-1+. The Morgan fingerprint density at radius 3 is 2.54 bits per heavy atom. The van der Waals surface area contributed by atoms with Crippen LogP contribution in [0.2, 0.25) is 0 Å². The molecule has 0 fully saturated rings. The van der Waals surface area contributed by atoms with Crippen molar-refractivity contribution in [1.29, 1.82) is 0 Å². The molecule has 3 rings (SSSR count). The van der Waals surface area contributed by atoms with Gasteiger partial charge in [-0.05, 0) is 48.0 Å². The van der Waals surface area contributed by atoms with Gasteiger partial charge in [0.05, 0.1) is 21.7 Å².